The summed E-state index contributed by atoms with van der Waals surface area (Å²) in [5.74, 6) is -0.148. The molecule has 0 aromatic carbocycles. The van der Waals surface area contributed by atoms with Gasteiger partial charge in [-0.05, 0) is 19.9 Å². The topological polar surface area (TPSA) is 60.8 Å². The molecule has 2 heterocycles. The Morgan fingerprint density at radius 1 is 1.52 bits per heavy atom. The summed E-state index contributed by atoms with van der Waals surface area (Å²) in [4.78, 5) is 26.0. The number of carbonyl (C=O) groups is 1. The van der Waals surface area contributed by atoms with E-state index in [0.717, 1.165) is 0 Å². The van der Waals surface area contributed by atoms with Crippen molar-refractivity contribution in [3.63, 3.8) is 0 Å². The first-order chi connectivity index (χ1) is 9.82. The van der Waals surface area contributed by atoms with Gasteiger partial charge in [-0.15, -0.1) is 0 Å². The summed E-state index contributed by atoms with van der Waals surface area (Å²) < 4.78 is 12.5. The number of aryl methyl sites for hydroxylation is 1. The van der Waals surface area contributed by atoms with Crippen LogP contribution in [0.5, 0.6) is 0 Å². The average Bonchev–Trinajstić information content (AvgIpc) is 2.39. The van der Waals surface area contributed by atoms with Gasteiger partial charge in [0.25, 0.3) is 11.5 Å². The Bertz CT molecular complexity index is 579. The molecular weight excluding hydrogens is 272 g/mol. The molecule has 6 heteroatoms. The number of morpholine rings is 1. The van der Waals surface area contributed by atoms with Crippen LogP contribution in [0, 0.1) is 0 Å². The van der Waals surface area contributed by atoms with Crippen molar-refractivity contribution in [2.24, 2.45) is 7.05 Å². The predicted octanol–water partition coefficient (Wildman–Crippen LogP) is 0.651. The first kappa shape index (κ1) is 15.7. The van der Waals surface area contributed by atoms with Gasteiger partial charge in [-0.3, -0.25) is 9.59 Å². The number of amides is 1. The highest BCUT2D eigenvalue weighted by molar-refractivity contribution is 5.94. The van der Waals surface area contributed by atoms with Crippen LogP contribution in [0.1, 0.15) is 24.2 Å². The SMILES string of the molecule is COC[C@H]1CN(C(=O)c2ccn(C)c(=O)c2)CC(C)(C)O1. The molecule has 1 aliphatic heterocycles. The van der Waals surface area contributed by atoms with Gasteiger partial charge in [0.05, 0.1) is 18.3 Å². The van der Waals surface area contributed by atoms with E-state index in [-0.39, 0.29) is 17.6 Å². The third kappa shape index (κ3) is 3.71. The third-order valence-corrected chi connectivity index (χ3v) is 3.47. The van der Waals surface area contributed by atoms with E-state index in [9.17, 15) is 9.59 Å². The van der Waals surface area contributed by atoms with E-state index in [4.69, 9.17) is 9.47 Å². The molecule has 0 bridgehead atoms. The van der Waals surface area contributed by atoms with Gasteiger partial charge >= 0.3 is 0 Å². The summed E-state index contributed by atoms with van der Waals surface area (Å²) >= 11 is 0. The molecule has 1 saturated heterocycles. The molecule has 1 amide bonds. The zero-order valence-corrected chi connectivity index (χ0v) is 13.0. The molecule has 0 aliphatic carbocycles. The van der Waals surface area contributed by atoms with E-state index >= 15 is 0 Å². The Morgan fingerprint density at radius 3 is 2.86 bits per heavy atom. The molecule has 1 aliphatic rings. The van der Waals surface area contributed by atoms with Crippen molar-refractivity contribution in [2.75, 3.05) is 26.8 Å². The number of aromatic nitrogens is 1. The number of ether oxygens (including phenoxy) is 2. The molecule has 1 aromatic rings. The van der Waals surface area contributed by atoms with Crippen molar-refractivity contribution >= 4 is 5.91 Å². The maximum atomic E-state index is 12.6. The van der Waals surface area contributed by atoms with Crippen molar-refractivity contribution in [1.82, 2.24) is 9.47 Å². The standard InChI is InChI=1S/C15H22N2O4/c1-15(2)10-17(8-12(21-15)9-20-4)14(19)11-5-6-16(3)13(18)7-11/h5-7,12H,8-10H2,1-4H3/t12-/m1/s1. The molecule has 2 rings (SSSR count). The molecule has 0 unspecified atom stereocenters. The molecule has 1 atom stereocenters. The fourth-order valence-corrected chi connectivity index (χ4v) is 2.59. The van der Waals surface area contributed by atoms with E-state index in [1.165, 1.54) is 10.6 Å². The molecule has 0 spiro atoms. The second-order valence-electron chi connectivity index (χ2n) is 6.01. The van der Waals surface area contributed by atoms with Crippen LogP contribution in [0.3, 0.4) is 0 Å². The molecule has 6 nitrogen and oxygen atoms in total. The summed E-state index contributed by atoms with van der Waals surface area (Å²) in [5, 5.41) is 0. The first-order valence-corrected chi connectivity index (χ1v) is 6.95. The summed E-state index contributed by atoms with van der Waals surface area (Å²) in [6, 6.07) is 3.04. The molecule has 0 N–H and O–H groups in total. The van der Waals surface area contributed by atoms with E-state index in [0.29, 0.717) is 25.3 Å². The van der Waals surface area contributed by atoms with Gasteiger partial charge in [0.1, 0.15) is 0 Å². The van der Waals surface area contributed by atoms with Gasteiger partial charge in [0.15, 0.2) is 0 Å². The number of pyridine rings is 1. The van der Waals surface area contributed by atoms with E-state index in [1.807, 2.05) is 13.8 Å². The average molecular weight is 294 g/mol. The van der Waals surface area contributed by atoms with Crippen LogP contribution in [0.2, 0.25) is 0 Å². The van der Waals surface area contributed by atoms with Crippen LogP contribution in [0.15, 0.2) is 23.1 Å². The zero-order valence-electron chi connectivity index (χ0n) is 13.0. The minimum atomic E-state index is -0.434. The molecular formula is C15H22N2O4. The molecule has 21 heavy (non-hydrogen) atoms. The summed E-state index contributed by atoms with van der Waals surface area (Å²) in [6.45, 7) is 5.27. The lowest BCUT2D eigenvalue weighted by molar-refractivity contribution is -0.143. The van der Waals surface area contributed by atoms with Gasteiger partial charge in [0.2, 0.25) is 0 Å². The molecule has 0 saturated carbocycles. The summed E-state index contributed by atoms with van der Waals surface area (Å²) in [6.07, 6.45) is 1.45. The van der Waals surface area contributed by atoms with Crippen LogP contribution in [0.25, 0.3) is 0 Å². The van der Waals surface area contributed by atoms with E-state index < -0.39 is 5.60 Å². The van der Waals surface area contributed by atoms with Crippen molar-refractivity contribution < 1.29 is 14.3 Å². The number of hydrogen-bond donors (Lipinski definition) is 0. The maximum Gasteiger partial charge on any atom is 0.254 e. The lowest BCUT2D eigenvalue weighted by Gasteiger charge is -2.42. The smallest absolute Gasteiger partial charge is 0.254 e. The van der Waals surface area contributed by atoms with Crippen LogP contribution in [-0.2, 0) is 16.5 Å². The van der Waals surface area contributed by atoms with E-state index in [1.54, 1.807) is 31.3 Å². The van der Waals surface area contributed by atoms with Crippen LogP contribution in [-0.4, -0.2) is 53.9 Å². The molecule has 116 valence electrons. The lowest BCUT2D eigenvalue weighted by atomic mass is 10.0. The third-order valence-electron chi connectivity index (χ3n) is 3.47. The summed E-state index contributed by atoms with van der Waals surface area (Å²) in [5.41, 5.74) is -0.217. The van der Waals surface area contributed by atoms with Crippen molar-refractivity contribution in [1.29, 1.82) is 0 Å². The van der Waals surface area contributed by atoms with Gasteiger partial charge in [-0.25, -0.2) is 0 Å². The zero-order chi connectivity index (χ0) is 15.6. The van der Waals surface area contributed by atoms with Gasteiger partial charge in [-0.1, -0.05) is 0 Å². The monoisotopic (exact) mass is 294 g/mol. The van der Waals surface area contributed by atoms with Crippen LogP contribution < -0.4 is 5.56 Å². The Hall–Kier alpha value is -1.66. The number of nitrogens with zero attached hydrogens (tertiary/aromatic N) is 2. The minimum absolute atomic E-state index is 0.148. The Kier molecular flexibility index (Phi) is 4.49. The molecule has 1 fully saturated rings. The second-order valence-corrected chi connectivity index (χ2v) is 6.01. The van der Waals surface area contributed by atoms with E-state index in [2.05, 4.69) is 0 Å². The maximum absolute atomic E-state index is 12.6. The highest BCUT2D eigenvalue weighted by Crippen LogP contribution is 2.22. The highest BCUT2D eigenvalue weighted by Gasteiger charge is 2.35. The quantitative estimate of drug-likeness (QED) is 0.821. The van der Waals surface area contributed by atoms with Gasteiger partial charge < -0.3 is 18.9 Å². The number of hydrogen-bond acceptors (Lipinski definition) is 4. The van der Waals surface area contributed by atoms with Crippen LogP contribution >= 0.6 is 0 Å². The Balaban J connectivity index is 2.20. The van der Waals surface area contributed by atoms with Crippen molar-refractivity contribution in [3.05, 3.63) is 34.2 Å². The number of carbonyl (C=O) groups excluding carboxylic acids is 1. The van der Waals surface area contributed by atoms with Gasteiger partial charge in [0, 0.05) is 45.1 Å². The highest BCUT2D eigenvalue weighted by atomic mass is 16.5. The summed E-state index contributed by atoms with van der Waals surface area (Å²) in [7, 11) is 3.26. The fraction of sp³-hybridized carbons (Fsp3) is 0.600. The lowest BCUT2D eigenvalue weighted by Crippen LogP contribution is -2.55. The van der Waals surface area contributed by atoms with Gasteiger partial charge in [-0.2, -0.15) is 0 Å². The molecule has 0 radical (unpaired) electrons. The van der Waals surface area contributed by atoms with Crippen LogP contribution in [0.4, 0.5) is 0 Å². The fourth-order valence-electron chi connectivity index (χ4n) is 2.59. The van der Waals surface area contributed by atoms with Crippen molar-refractivity contribution in [2.45, 2.75) is 25.6 Å². The Morgan fingerprint density at radius 2 is 2.24 bits per heavy atom. The second kappa shape index (κ2) is 5.99. The number of methoxy groups -OCH3 is 1. The minimum Gasteiger partial charge on any atom is -0.382 e. The normalized spacial score (nSPS) is 21.3. The predicted molar refractivity (Wildman–Crippen MR) is 78.4 cm³/mol. The first-order valence-electron chi connectivity index (χ1n) is 6.95. The van der Waals surface area contributed by atoms with Crippen molar-refractivity contribution in [3.8, 4) is 0 Å². The largest absolute Gasteiger partial charge is 0.382 e. The Labute approximate surface area is 124 Å². The molecule has 1 aromatic heterocycles. The number of rotatable bonds is 3.